The molecule has 2 heterocycles. The van der Waals surface area contributed by atoms with E-state index in [4.69, 9.17) is 4.74 Å². The second-order valence-corrected chi connectivity index (χ2v) is 8.42. The van der Waals surface area contributed by atoms with E-state index in [1.54, 1.807) is 6.08 Å². The number of rotatable bonds is 0. The number of ketones is 2. The molecule has 0 unspecified atom stereocenters. The Hall–Kier alpha value is -1.12. The van der Waals surface area contributed by atoms with Crippen LogP contribution in [0.15, 0.2) is 11.8 Å². The molecule has 2 saturated carbocycles. The van der Waals surface area contributed by atoms with E-state index in [9.17, 15) is 9.59 Å². The number of allylic oxidation sites excluding steroid dienone is 2. The van der Waals surface area contributed by atoms with Crippen LogP contribution in [0.2, 0.25) is 0 Å². The highest BCUT2D eigenvalue weighted by Crippen LogP contribution is 2.62. The van der Waals surface area contributed by atoms with Crippen LogP contribution in [0.1, 0.15) is 59.3 Å². The molecular formula is C19H26O3. The van der Waals surface area contributed by atoms with E-state index in [-0.39, 0.29) is 22.7 Å². The second-order valence-electron chi connectivity index (χ2n) is 8.42. The highest BCUT2D eigenvalue weighted by atomic mass is 16.5. The number of hydrogen-bond donors (Lipinski definition) is 0. The number of Topliss-reactive ketones (excluding diaryl/α,β-unsaturated/α-hetero) is 1. The van der Waals surface area contributed by atoms with E-state index in [1.807, 2.05) is 0 Å². The van der Waals surface area contributed by atoms with E-state index >= 15 is 0 Å². The first-order chi connectivity index (χ1) is 10.3. The van der Waals surface area contributed by atoms with Gasteiger partial charge in [-0.1, -0.05) is 13.8 Å². The predicted octanol–water partition coefficient (Wildman–Crippen LogP) is 3.67. The molecule has 3 nitrogen and oxygen atoms in total. The molecular weight excluding hydrogens is 276 g/mol. The SMILES string of the molecule is C[C@@H]1C2=CC(=O)CC[C@](C)(O2)[C@H]2CC[C@@]3(C)C(=O)CC[C@H]3[C@H]12. The molecule has 120 valence electrons. The van der Waals surface area contributed by atoms with Crippen LogP contribution in [0, 0.1) is 29.1 Å². The summed E-state index contributed by atoms with van der Waals surface area (Å²) in [5.74, 6) is 3.25. The van der Waals surface area contributed by atoms with Crippen LogP contribution in [0.5, 0.6) is 0 Å². The number of hydrogen-bond acceptors (Lipinski definition) is 3. The van der Waals surface area contributed by atoms with Gasteiger partial charge in [0.05, 0.1) is 0 Å². The van der Waals surface area contributed by atoms with Gasteiger partial charge in [-0.2, -0.15) is 0 Å². The number of carbonyl (C=O) groups is 2. The molecule has 3 heteroatoms. The van der Waals surface area contributed by atoms with Crippen LogP contribution in [0.4, 0.5) is 0 Å². The summed E-state index contributed by atoms with van der Waals surface area (Å²) in [6, 6.07) is 0. The van der Waals surface area contributed by atoms with Crippen molar-refractivity contribution in [2.45, 2.75) is 64.9 Å². The first-order valence-electron chi connectivity index (χ1n) is 8.82. The topological polar surface area (TPSA) is 43.4 Å². The summed E-state index contributed by atoms with van der Waals surface area (Å²) in [6.45, 7) is 6.59. The first-order valence-corrected chi connectivity index (χ1v) is 8.82. The van der Waals surface area contributed by atoms with Crippen molar-refractivity contribution in [1.82, 2.24) is 0 Å². The van der Waals surface area contributed by atoms with Gasteiger partial charge < -0.3 is 4.74 Å². The van der Waals surface area contributed by atoms with Crippen LogP contribution < -0.4 is 0 Å². The summed E-state index contributed by atoms with van der Waals surface area (Å²) in [5.41, 5.74) is -0.348. The zero-order chi connectivity index (χ0) is 15.7. The van der Waals surface area contributed by atoms with Gasteiger partial charge in [-0.15, -0.1) is 0 Å². The predicted molar refractivity (Wildman–Crippen MR) is 83.0 cm³/mol. The van der Waals surface area contributed by atoms with Gasteiger partial charge in [-0.25, -0.2) is 0 Å². The Labute approximate surface area is 132 Å². The molecule has 0 aromatic carbocycles. The van der Waals surface area contributed by atoms with E-state index in [2.05, 4.69) is 20.8 Å². The smallest absolute Gasteiger partial charge is 0.159 e. The Bertz CT molecular complexity index is 577. The van der Waals surface area contributed by atoms with Crippen molar-refractivity contribution < 1.29 is 14.3 Å². The number of carbonyl (C=O) groups excluding carboxylic acids is 2. The van der Waals surface area contributed by atoms with E-state index in [1.165, 1.54) is 0 Å². The third kappa shape index (κ3) is 1.74. The minimum absolute atomic E-state index is 0.128. The molecule has 1 saturated heterocycles. The molecule has 3 fully saturated rings. The average Bonchev–Trinajstić information content (AvgIpc) is 2.69. The molecule has 0 aromatic heterocycles. The minimum atomic E-state index is -0.220. The molecule has 2 aliphatic heterocycles. The molecule has 0 N–H and O–H groups in total. The van der Waals surface area contributed by atoms with Crippen LogP contribution in [-0.4, -0.2) is 17.2 Å². The summed E-state index contributed by atoms with van der Waals surface area (Å²) in [5, 5.41) is 0. The monoisotopic (exact) mass is 302 g/mol. The normalized spacial score (nSPS) is 50.6. The fourth-order valence-corrected chi connectivity index (χ4v) is 6.00. The zero-order valence-corrected chi connectivity index (χ0v) is 13.9. The molecule has 2 bridgehead atoms. The standard InChI is InChI=1S/C19H26O3/c1-11-15-10-12(20)6-9-19(3,22-15)14-7-8-18(2)13(17(11)14)4-5-16(18)21/h10-11,13-14,17H,4-9H2,1-3H3/t11-,13+,14+,17+,18-,19+/m1/s1. The molecule has 4 rings (SSSR count). The van der Waals surface area contributed by atoms with Crippen LogP contribution in [-0.2, 0) is 14.3 Å². The summed E-state index contributed by atoms with van der Waals surface area (Å²) in [7, 11) is 0. The zero-order valence-electron chi connectivity index (χ0n) is 13.9. The quantitative estimate of drug-likeness (QED) is 0.685. The average molecular weight is 302 g/mol. The summed E-state index contributed by atoms with van der Waals surface area (Å²) >= 11 is 0. The fraction of sp³-hybridized carbons (Fsp3) is 0.789. The molecule has 2 aliphatic carbocycles. The van der Waals surface area contributed by atoms with Crippen LogP contribution >= 0.6 is 0 Å². The summed E-state index contributed by atoms with van der Waals surface area (Å²) in [4.78, 5) is 24.5. The Morgan fingerprint density at radius 3 is 2.64 bits per heavy atom. The summed E-state index contributed by atoms with van der Waals surface area (Å²) in [6.07, 6.45) is 6.98. The van der Waals surface area contributed by atoms with Crippen molar-refractivity contribution in [2.75, 3.05) is 0 Å². The van der Waals surface area contributed by atoms with Gasteiger partial charge in [0, 0.05) is 36.2 Å². The minimum Gasteiger partial charge on any atom is -0.491 e. The molecule has 0 amide bonds. The number of ether oxygens (including phenoxy) is 1. The van der Waals surface area contributed by atoms with Crippen LogP contribution in [0.25, 0.3) is 0 Å². The van der Waals surface area contributed by atoms with Gasteiger partial charge in [0.2, 0.25) is 0 Å². The highest BCUT2D eigenvalue weighted by molar-refractivity contribution is 5.90. The molecule has 0 aromatic rings. The lowest BCUT2D eigenvalue weighted by molar-refractivity contribution is -0.165. The highest BCUT2D eigenvalue weighted by Gasteiger charge is 2.61. The van der Waals surface area contributed by atoms with Gasteiger partial charge in [0.25, 0.3) is 0 Å². The fourth-order valence-electron chi connectivity index (χ4n) is 6.00. The van der Waals surface area contributed by atoms with Gasteiger partial charge in [-0.05, 0) is 44.4 Å². The summed E-state index contributed by atoms with van der Waals surface area (Å²) < 4.78 is 6.35. The van der Waals surface area contributed by atoms with Gasteiger partial charge >= 0.3 is 0 Å². The van der Waals surface area contributed by atoms with Crippen molar-refractivity contribution in [3.63, 3.8) is 0 Å². The van der Waals surface area contributed by atoms with Crippen molar-refractivity contribution in [3.05, 3.63) is 11.8 Å². The lowest BCUT2D eigenvalue weighted by Gasteiger charge is -2.57. The molecule has 6 atom stereocenters. The molecule has 4 aliphatic rings. The Balaban J connectivity index is 1.79. The van der Waals surface area contributed by atoms with E-state index in [0.717, 1.165) is 37.9 Å². The Kier molecular flexibility index (Phi) is 2.93. The molecule has 0 spiro atoms. The maximum absolute atomic E-state index is 12.5. The van der Waals surface area contributed by atoms with E-state index in [0.29, 0.717) is 30.0 Å². The van der Waals surface area contributed by atoms with Gasteiger partial charge in [0.15, 0.2) is 5.78 Å². The van der Waals surface area contributed by atoms with Crippen molar-refractivity contribution >= 4 is 11.6 Å². The largest absolute Gasteiger partial charge is 0.491 e. The lowest BCUT2D eigenvalue weighted by atomic mass is 9.52. The Morgan fingerprint density at radius 1 is 1.09 bits per heavy atom. The van der Waals surface area contributed by atoms with Gasteiger partial charge in [0.1, 0.15) is 17.1 Å². The maximum Gasteiger partial charge on any atom is 0.159 e. The Morgan fingerprint density at radius 2 is 1.86 bits per heavy atom. The molecule has 0 radical (unpaired) electrons. The van der Waals surface area contributed by atoms with Gasteiger partial charge in [-0.3, -0.25) is 9.59 Å². The number of fused-ring (bicyclic) bond motifs is 6. The van der Waals surface area contributed by atoms with Crippen LogP contribution in [0.3, 0.4) is 0 Å². The van der Waals surface area contributed by atoms with E-state index < -0.39 is 0 Å². The molecule has 22 heavy (non-hydrogen) atoms. The first kappa shape index (κ1) is 14.5. The third-order valence-corrected chi connectivity index (χ3v) is 7.37. The van der Waals surface area contributed by atoms with Crippen molar-refractivity contribution in [3.8, 4) is 0 Å². The second kappa shape index (κ2) is 4.46. The van der Waals surface area contributed by atoms with Crippen molar-refractivity contribution in [1.29, 1.82) is 0 Å². The maximum atomic E-state index is 12.5. The lowest BCUT2D eigenvalue weighted by Crippen LogP contribution is -2.55. The van der Waals surface area contributed by atoms with Crippen molar-refractivity contribution in [2.24, 2.45) is 29.1 Å². The third-order valence-electron chi connectivity index (χ3n) is 7.37.